The van der Waals surface area contributed by atoms with Crippen molar-refractivity contribution in [3.05, 3.63) is 34.9 Å². The average Bonchev–Trinajstić information content (AvgIpc) is 2.21. The predicted molar refractivity (Wildman–Crippen MR) is 67.6 cm³/mol. The Hall–Kier alpha value is -1.02. The van der Waals surface area contributed by atoms with Crippen molar-refractivity contribution in [2.75, 3.05) is 0 Å². The van der Waals surface area contributed by atoms with E-state index in [9.17, 15) is 4.79 Å². The molecule has 16 heavy (non-hydrogen) atoms. The molecule has 1 amide bonds. The van der Waals surface area contributed by atoms with Crippen molar-refractivity contribution in [2.24, 2.45) is 5.92 Å². The molecule has 0 spiro atoms. The van der Waals surface area contributed by atoms with E-state index in [0.717, 1.165) is 5.56 Å². The molecule has 0 heterocycles. The first-order valence-electron chi connectivity index (χ1n) is 5.53. The minimum Gasteiger partial charge on any atom is -0.353 e. The van der Waals surface area contributed by atoms with Crippen molar-refractivity contribution in [3.63, 3.8) is 0 Å². The summed E-state index contributed by atoms with van der Waals surface area (Å²) in [5.41, 5.74) is 0.984. The van der Waals surface area contributed by atoms with Gasteiger partial charge in [0.1, 0.15) is 0 Å². The van der Waals surface area contributed by atoms with Crippen LogP contribution in [0.2, 0.25) is 5.02 Å². The summed E-state index contributed by atoms with van der Waals surface area (Å²) in [7, 11) is 0. The van der Waals surface area contributed by atoms with Gasteiger partial charge in [-0.3, -0.25) is 4.79 Å². The summed E-state index contributed by atoms with van der Waals surface area (Å²) in [5.74, 6) is 0.512. The fraction of sp³-hybridized carbons (Fsp3) is 0.462. The highest BCUT2D eigenvalue weighted by Gasteiger charge is 2.10. The van der Waals surface area contributed by atoms with Gasteiger partial charge in [0.2, 0.25) is 5.91 Å². The van der Waals surface area contributed by atoms with E-state index in [0.29, 0.717) is 17.4 Å². The van der Waals surface area contributed by atoms with Crippen molar-refractivity contribution in [2.45, 2.75) is 33.2 Å². The monoisotopic (exact) mass is 239 g/mol. The maximum absolute atomic E-state index is 11.7. The Balaban J connectivity index is 2.48. The smallest absolute Gasteiger partial charge is 0.224 e. The molecule has 0 unspecified atom stereocenters. The van der Waals surface area contributed by atoms with E-state index in [-0.39, 0.29) is 11.9 Å². The molecule has 88 valence electrons. The second kappa shape index (κ2) is 5.90. The molecule has 0 aliphatic rings. The Bertz CT molecular complexity index is 345. The van der Waals surface area contributed by atoms with E-state index in [2.05, 4.69) is 19.2 Å². The molecule has 3 heteroatoms. The quantitative estimate of drug-likeness (QED) is 0.860. The molecule has 0 radical (unpaired) electrons. The molecule has 0 fully saturated rings. The van der Waals surface area contributed by atoms with Crippen molar-refractivity contribution < 1.29 is 4.79 Å². The van der Waals surface area contributed by atoms with Crippen LogP contribution >= 0.6 is 11.6 Å². The van der Waals surface area contributed by atoms with Crippen LogP contribution in [0.3, 0.4) is 0 Å². The molecule has 1 aromatic carbocycles. The number of benzene rings is 1. The Morgan fingerprint density at radius 1 is 1.25 bits per heavy atom. The highest BCUT2D eigenvalue weighted by molar-refractivity contribution is 6.30. The second-order valence-electron chi connectivity index (χ2n) is 4.40. The third-order valence-electron chi connectivity index (χ3n) is 2.67. The van der Waals surface area contributed by atoms with Crippen molar-refractivity contribution >= 4 is 17.5 Å². The number of carbonyl (C=O) groups is 1. The van der Waals surface area contributed by atoms with Crippen LogP contribution in [0.1, 0.15) is 26.3 Å². The molecule has 1 atom stereocenters. The lowest BCUT2D eigenvalue weighted by Crippen LogP contribution is -2.37. The van der Waals surface area contributed by atoms with Gasteiger partial charge in [0.05, 0.1) is 6.42 Å². The molecule has 1 aromatic rings. The van der Waals surface area contributed by atoms with Crippen molar-refractivity contribution in [1.82, 2.24) is 5.32 Å². The zero-order valence-electron chi connectivity index (χ0n) is 9.96. The summed E-state index contributed by atoms with van der Waals surface area (Å²) in [6.45, 7) is 6.20. The van der Waals surface area contributed by atoms with Gasteiger partial charge in [-0.15, -0.1) is 0 Å². The maximum Gasteiger partial charge on any atom is 0.224 e. The van der Waals surface area contributed by atoms with Gasteiger partial charge in [-0.25, -0.2) is 0 Å². The van der Waals surface area contributed by atoms with Crippen LogP contribution in [0.5, 0.6) is 0 Å². The molecular weight excluding hydrogens is 222 g/mol. The molecule has 0 saturated carbocycles. The summed E-state index contributed by atoms with van der Waals surface area (Å²) in [6, 6.07) is 7.57. The first-order chi connectivity index (χ1) is 7.49. The number of amides is 1. The van der Waals surface area contributed by atoms with Crippen LogP contribution in [0.25, 0.3) is 0 Å². The number of hydrogen-bond acceptors (Lipinski definition) is 1. The first kappa shape index (κ1) is 13.0. The lowest BCUT2D eigenvalue weighted by Gasteiger charge is -2.17. The lowest BCUT2D eigenvalue weighted by atomic mass is 10.1. The minimum atomic E-state index is 0.0588. The van der Waals surface area contributed by atoms with Crippen LogP contribution < -0.4 is 5.32 Å². The number of hydrogen-bond donors (Lipinski definition) is 1. The topological polar surface area (TPSA) is 29.1 Å². The fourth-order valence-corrected chi connectivity index (χ4v) is 1.39. The van der Waals surface area contributed by atoms with E-state index < -0.39 is 0 Å². The molecule has 1 N–H and O–H groups in total. The first-order valence-corrected chi connectivity index (χ1v) is 5.90. The van der Waals surface area contributed by atoms with Gasteiger partial charge in [-0.05, 0) is 30.5 Å². The molecule has 0 aliphatic heterocycles. The van der Waals surface area contributed by atoms with E-state index >= 15 is 0 Å². The Kier molecular flexibility index (Phi) is 4.81. The summed E-state index contributed by atoms with van der Waals surface area (Å²) in [5, 5.41) is 3.66. The number of nitrogens with one attached hydrogen (secondary N) is 1. The fourth-order valence-electron chi connectivity index (χ4n) is 1.26. The van der Waals surface area contributed by atoms with Crippen molar-refractivity contribution in [1.29, 1.82) is 0 Å². The largest absolute Gasteiger partial charge is 0.353 e. The molecule has 2 nitrogen and oxygen atoms in total. The predicted octanol–water partition coefficient (Wildman–Crippen LogP) is 3.04. The SMILES string of the molecule is CC(C)[C@@H](C)NC(=O)Cc1ccc(Cl)cc1. The Morgan fingerprint density at radius 3 is 2.31 bits per heavy atom. The normalized spacial score (nSPS) is 12.6. The maximum atomic E-state index is 11.7. The molecular formula is C13H18ClNO. The van der Waals surface area contributed by atoms with E-state index in [4.69, 9.17) is 11.6 Å². The lowest BCUT2D eigenvalue weighted by molar-refractivity contribution is -0.121. The third-order valence-corrected chi connectivity index (χ3v) is 2.92. The average molecular weight is 240 g/mol. The zero-order chi connectivity index (χ0) is 12.1. The van der Waals surface area contributed by atoms with Crippen LogP contribution in [0.4, 0.5) is 0 Å². The highest BCUT2D eigenvalue weighted by Crippen LogP contribution is 2.10. The second-order valence-corrected chi connectivity index (χ2v) is 4.84. The van der Waals surface area contributed by atoms with Gasteiger partial charge in [-0.2, -0.15) is 0 Å². The summed E-state index contributed by atoms with van der Waals surface area (Å²) in [6.07, 6.45) is 0.411. The number of rotatable bonds is 4. The molecule has 0 saturated heterocycles. The molecule has 0 bridgehead atoms. The van der Waals surface area contributed by atoms with Crippen LogP contribution in [-0.2, 0) is 11.2 Å². The Morgan fingerprint density at radius 2 is 1.81 bits per heavy atom. The van der Waals surface area contributed by atoms with Crippen molar-refractivity contribution in [3.8, 4) is 0 Å². The van der Waals surface area contributed by atoms with E-state index in [1.807, 2.05) is 19.1 Å². The summed E-state index contributed by atoms with van der Waals surface area (Å²) >= 11 is 5.77. The van der Waals surface area contributed by atoms with E-state index in [1.165, 1.54) is 0 Å². The molecule has 0 aromatic heterocycles. The van der Waals surface area contributed by atoms with Gasteiger partial charge in [-0.1, -0.05) is 37.6 Å². The number of halogens is 1. The Labute approximate surface area is 102 Å². The minimum absolute atomic E-state index is 0.0588. The third kappa shape index (κ3) is 4.23. The highest BCUT2D eigenvalue weighted by atomic mass is 35.5. The van der Waals surface area contributed by atoms with Crippen LogP contribution in [0, 0.1) is 5.92 Å². The van der Waals surface area contributed by atoms with Crippen LogP contribution in [0.15, 0.2) is 24.3 Å². The standard InChI is InChI=1S/C13H18ClNO/c1-9(2)10(3)15-13(16)8-11-4-6-12(14)7-5-11/h4-7,9-10H,8H2,1-3H3,(H,15,16)/t10-/m1/s1. The summed E-state index contributed by atoms with van der Waals surface area (Å²) < 4.78 is 0. The van der Waals surface area contributed by atoms with E-state index in [1.54, 1.807) is 12.1 Å². The van der Waals surface area contributed by atoms with Gasteiger partial charge in [0, 0.05) is 11.1 Å². The van der Waals surface area contributed by atoms with Gasteiger partial charge >= 0.3 is 0 Å². The van der Waals surface area contributed by atoms with Crippen LogP contribution in [-0.4, -0.2) is 11.9 Å². The van der Waals surface area contributed by atoms with Gasteiger partial charge in [0.15, 0.2) is 0 Å². The van der Waals surface area contributed by atoms with Gasteiger partial charge in [0.25, 0.3) is 0 Å². The number of carbonyl (C=O) groups excluding carboxylic acids is 1. The summed E-state index contributed by atoms with van der Waals surface area (Å²) in [4.78, 5) is 11.7. The zero-order valence-corrected chi connectivity index (χ0v) is 10.7. The van der Waals surface area contributed by atoms with Gasteiger partial charge < -0.3 is 5.32 Å². The molecule has 1 rings (SSSR count). The molecule has 0 aliphatic carbocycles.